The Morgan fingerprint density at radius 1 is 1.33 bits per heavy atom. The Morgan fingerprint density at radius 2 is 2.10 bits per heavy atom. The van der Waals surface area contributed by atoms with E-state index in [0.29, 0.717) is 26.2 Å². The van der Waals surface area contributed by atoms with E-state index in [-0.39, 0.29) is 23.9 Å². The maximum atomic E-state index is 10.8. The fourth-order valence-corrected chi connectivity index (χ4v) is 1.37. The predicted octanol–water partition coefficient (Wildman–Crippen LogP) is 1.12. The quantitative estimate of drug-likeness (QED) is 0.387. The Morgan fingerprint density at radius 3 is 2.71 bits per heavy atom. The zero-order valence-electron chi connectivity index (χ0n) is 11.5. The van der Waals surface area contributed by atoms with Crippen molar-refractivity contribution >= 4 is 11.7 Å². The first kappa shape index (κ1) is 16.8. The Balaban J connectivity index is 2.53. The average molecular weight is 300 g/mol. The highest BCUT2D eigenvalue weighted by Gasteiger charge is 2.19. The average Bonchev–Trinajstić information content (AvgIpc) is 2.45. The van der Waals surface area contributed by atoms with Crippen molar-refractivity contribution < 1.29 is 29.0 Å². The molecule has 0 amide bonds. The molecule has 0 aliphatic carbocycles. The highest BCUT2D eigenvalue weighted by Crippen LogP contribution is 2.24. The molecule has 0 unspecified atom stereocenters. The third kappa shape index (κ3) is 5.71. The minimum atomic E-state index is -1.28. The van der Waals surface area contributed by atoms with Gasteiger partial charge in [0.05, 0.1) is 24.7 Å². The molecule has 21 heavy (non-hydrogen) atoms. The maximum absolute atomic E-state index is 10.8. The van der Waals surface area contributed by atoms with Crippen LogP contribution in [0.1, 0.15) is 16.9 Å². The van der Waals surface area contributed by atoms with Crippen molar-refractivity contribution in [2.45, 2.75) is 6.42 Å². The second kappa shape index (κ2) is 8.82. The summed E-state index contributed by atoms with van der Waals surface area (Å²) in [5, 5.41) is 19.6. The van der Waals surface area contributed by atoms with E-state index in [4.69, 9.17) is 19.3 Å². The van der Waals surface area contributed by atoms with Crippen LogP contribution in [0.25, 0.3) is 0 Å². The molecule has 9 nitrogen and oxygen atoms in total. The topological polar surface area (TPSA) is 121 Å². The number of methoxy groups -OCH3 is 1. The first-order valence-electron chi connectivity index (χ1n) is 6.14. The van der Waals surface area contributed by atoms with Crippen LogP contribution < -0.4 is 4.74 Å². The predicted molar refractivity (Wildman–Crippen MR) is 70.7 cm³/mol. The van der Waals surface area contributed by atoms with Gasteiger partial charge in [-0.15, -0.1) is 0 Å². The summed E-state index contributed by atoms with van der Waals surface area (Å²) < 4.78 is 15.2. The molecule has 1 aromatic rings. The van der Waals surface area contributed by atoms with Gasteiger partial charge in [0.1, 0.15) is 0 Å². The SMILES string of the molecule is COCCOCCCOc1nc(C(=O)O)ccc1[N+](=O)[O-]. The summed E-state index contributed by atoms with van der Waals surface area (Å²) in [6.45, 7) is 1.46. The second-order valence-corrected chi connectivity index (χ2v) is 3.89. The van der Waals surface area contributed by atoms with E-state index in [1.165, 1.54) is 0 Å². The largest absolute Gasteiger partial charge is 0.477 e. The zero-order valence-corrected chi connectivity index (χ0v) is 11.5. The normalized spacial score (nSPS) is 10.3. The molecule has 0 aliphatic heterocycles. The summed E-state index contributed by atoms with van der Waals surface area (Å²) in [6.07, 6.45) is 0.486. The summed E-state index contributed by atoms with van der Waals surface area (Å²) in [6, 6.07) is 2.11. The number of hydrogen-bond donors (Lipinski definition) is 1. The minimum Gasteiger partial charge on any atom is -0.477 e. The third-order valence-electron chi connectivity index (χ3n) is 2.36. The highest BCUT2D eigenvalue weighted by atomic mass is 16.6. The van der Waals surface area contributed by atoms with E-state index >= 15 is 0 Å². The molecule has 1 heterocycles. The molecule has 0 radical (unpaired) electrons. The molecule has 0 atom stereocenters. The number of nitro groups is 1. The molecular weight excluding hydrogens is 284 g/mol. The number of pyridine rings is 1. The fourth-order valence-electron chi connectivity index (χ4n) is 1.37. The number of carboxylic acid groups (broad SMARTS) is 1. The summed E-state index contributed by atoms with van der Waals surface area (Å²) >= 11 is 0. The van der Waals surface area contributed by atoms with E-state index in [1.807, 2.05) is 0 Å². The number of hydrogen-bond acceptors (Lipinski definition) is 7. The van der Waals surface area contributed by atoms with Gasteiger partial charge in [0, 0.05) is 26.2 Å². The van der Waals surface area contributed by atoms with Crippen LogP contribution in [0.5, 0.6) is 5.88 Å². The van der Waals surface area contributed by atoms with Crippen LogP contribution in [-0.2, 0) is 9.47 Å². The van der Waals surface area contributed by atoms with E-state index < -0.39 is 10.9 Å². The summed E-state index contributed by atoms with van der Waals surface area (Å²) in [4.78, 5) is 24.5. The van der Waals surface area contributed by atoms with Gasteiger partial charge in [-0.25, -0.2) is 9.78 Å². The van der Waals surface area contributed by atoms with Crippen LogP contribution in [0.3, 0.4) is 0 Å². The molecule has 0 spiro atoms. The van der Waals surface area contributed by atoms with Crippen LogP contribution >= 0.6 is 0 Å². The molecule has 0 saturated carbocycles. The van der Waals surface area contributed by atoms with Crippen LogP contribution in [-0.4, -0.2) is 54.5 Å². The lowest BCUT2D eigenvalue weighted by Gasteiger charge is -2.07. The number of carboxylic acids is 1. The number of ether oxygens (including phenoxy) is 3. The fraction of sp³-hybridized carbons (Fsp3) is 0.500. The van der Waals surface area contributed by atoms with Gasteiger partial charge >= 0.3 is 11.7 Å². The Labute approximate surface area is 120 Å². The minimum absolute atomic E-state index is 0.129. The molecule has 0 bridgehead atoms. The molecule has 0 aliphatic rings. The van der Waals surface area contributed by atoms with E-state index in [9.17, 15) is 14.9 Å². The lowest BCUT2D eigenvalue weighted by molar-refractivity contribution is -0.386. The van der Waals surface area contributed by atoms with Crippen LogP contribution in [0, 0.1) is 10.1 Å². The first-order chi connectivity index (χ1) is 10.1. The molecule has 1 aromatic heterocycles. The number of aromatic carboxylic acids is 1. The Kier molecular flexibility index (Phi) is 7.05. The van der Waals surface area contributed by atoms with Gasteiger partial charge < -0.3 is 19.3 Å². The zero-order chi connectivity index (χ0) is 15.7. The van der Waals surface area contributed by atoms with Crippen LogP contribution in [0.2, 0.25) is 0 Å². The standard InChI is InChI=1S/C12H16N2O7/c1-19-7-8-20-5-2-6-21-11-10(14(17)18)4-3-9(13-11)12(15)16/h3-4H,2,5-8H2,1H3,(H,15,16). The van der Waals surface area contributed by atoms with Crippen molar-refractivity contribution in [1.82, 2.24) is 4.98 Å². The summed E-state index contributed by atoms with van der Waals surface area (Å²) in [5.41, 5.74) is -0.688. The summed E-state index contributed by atoms with van der Waals surface area (Å²) in [5.74, 6) is -1.59. The lowest BCUT2D eigenvalue weighted by atomic mass is 10.3. The van der Waals surface area contributed by atoms with Crippen molar-refractivity contribution in [3.8, 4) is 5.88 Å². The van der Waals surface area contributed by atoms with Gasteiger partial charge in [-0.05, 0) is 6.07 Å². The van der Waals surface area contributed by atoms with Gasteiger partial charge in [-0.2, -0.15) is 0 Å². The van der Waals surface area contributed by atoms with Gasteiger partial charge in [0.2, 0.25) is 0 Å². The van der Waals surface area contributed by atoms with Crippen molar-refractivity contribution in [3.63, 3.8) is 0 Å². The van der Waals surface area contributed by atoms with E-state index in [1.54, 1.807) is 7.11 Å². The Hall–Kier alpha value is -2.26. The lowest BCUT2D eigenvalue weighted by Crippen LogP contribution is -2.09. The molecule has 116 valence electrons. The number of rotatable bonds is 10. The molecule has 0 saturated heterocycles. The van der Waals surface area contributed by atoms with Crippen LogP contribution in [0.15, 0.2) is 12.1 Å². The molecule has 9 heteroatoms. The van der Waals surface area contributed by atoms with Crippen molar-refractivity contribution in [2.75, 3.05) is 33.5 Å². The molecule has 0 aromatic carbocycles. The first-order valence-corrected chi connectivity index (χ1v) is 6.14. The van der Waals surface area contributed by atoms with Crippen molar-refractivity contribution in [1.29, 1.82) is 0 Å². The van der Waals surface area contributed by atoms with Crippen molar-refractivity contribution in [3.05, 3.63) is 27.9 Å². The Bertz CT molecular complexity index is 492. The molecular formula is C12H16N2O7. The second-order valence-electron chi connectivity index (χ2n) is 3.89. The highest BCUT2D eigenvalue weighted by molar-refractivity contribution is 5.85. The third-order valence-corrected chi connectivity index (χ3v) is 2.36. The number of carbonyl (C=O) groups is 1. The summed E-state index contributed by atoms with van der Waals surface area (Å²) in [7, 11) is 1.56. The van der Waals surface area contributed by atoms with Crippen molar-refractivity contribution in [2.24, 2.45) is 0 Å². The van der Waals surface area contributed by atoms with E-state index in [0.717, 1.165) is 12.1 Å². The monoisotopic (exact) mass is 300 g/mol. The van der Waals surface area contributed by atoms with Gasteiger partial charge in [-0.1, -0.05) is 0 Å². The van der Waals surface area contributed by atoms with Gasteiger partial charge in [-0.3, -0.25) is 10.1 Å². The smallest absolute Gasteiger partial charge is 0.354 e. The molecule has 0 fully saturated rings. The van der Waals surface area contributed by atoms with Gasteiger partial charge in [0.15, 0.2) is 5.69 Å². The molecule has 1 rings (SSSR count). The maximum Gasteiger partial charge on any atom is 0.354 e. The van der Waals surface area contributed by atoms with Crippen LogP contribution in [0.4, 0.5) is 5.69 Å². The van der Waals surface area contributed by atoms with Gasteiger partial charge in [0.25, 0.3) is 5.88 Å². The van der Waals surface area contributed by atoms with E-state index in [2.05, 4.69) is 4.98 Å². The number of aromatic nitrogens is 1. The number of nitrogens with zero attached hydrogens (tertiary/aromatic N) is 2. The molecule has 1 N–H and O–H groups in total.